The van der Waals surface area contributed by atoms with E-state index in [9.17, 15) is 9.90 Å². The summed E-state index contributed by atoms with van der Waals surface area (Å²) in [6.07, 6.45) is 3.16. The number of aliphatic hydroxyl groups is 1. The first-order chi connectivity index (χ1) is 16.8. The lowest BCUT2D eigenvalue weighted by atomic mass is 9.74. The van der Waals surface area contributed by atoms with E-state index in [2.05, 4.69) is 61.8 Å². The Bertz CT molecular complexity index is 1020. The molecule has 2 aliphatic rings. The fourth-order valence-electron chi connectivity index (χ4n) is 5.17. The van der Waals surface area contributed by atoms with Crippen LogP contribution < -0.4 is 14.4 Å². The summed E-state index contributed by atoms with van der Waals surface area (Å²) in [5, 5.41) is 9.21. The minimum Gasteiger partial charge on any atom is -0.493 e. The molecule has 35 heavy (non-hydrogen) atoms. The van der Waals surface area contributed by atoms with Crippen LogP contribution in [0.15, 0.2) is 36.5 Å². The zero-order valence-corrected chi connectivity index (χ0v) is 21.7. The van der Waals surface area contributed by atoms with E-state index in [1.165, 1.54) is 5.56 Å². The Morgan fingerprint density at radius 1 is 1.20 bits per heavy atom. The van der Waals surface area contributed by atoms with Gasteiger partial charge >= 0.3 is 0 Å². The first-order valence-corrected chi connectivity index (χ1v) is 12.7. The molecule has 2 atom stereocenters. The maximum absolute atomic E-state index is 12.5. The summed E-state index contributed by atoms with van der Waals surface area (Å²) in [4.78, 5) is 21.2. The van der Waals surface area contributed by atoms with E-state index < -0.39 is 0 Å². The van der Waals surface area contributed by atoms with Crippen LogP contribution in [0.2, 0.25) is 0 Å². The number of hydrogen-bond acceptors (Lipinski definition) is 6. The van der Waals surface area contributed by atoms with E-state index >= 15 is 0 Å². The third-order valence-corrected chi connectivity index (χ3v) is 7.78. The van der Waals surface area contributed by atoms with Crippen molar-refractivity contribution in [2.24, 2.45) is 5.41 Å². The quantitative estimate of drug-likeness (QED) is 0.578. The summed E-state index contributed by atoms with van der Waals surface area (Å²) in [6.45, 7) is 11.6. The van der Waals surface area contributed by atoms with Crippen molar-refractivity contribution in [2.75, 3.05) is 44.8 Å². The molecule has 1 aromatic carbocycles. The van der Waals surface area contributed by atoms with Gasteiger partial charge in [-0.1, -0.05) is 39.8 Å². The van der Waals surface area contributed by atoms with Crippen LogP contribution in [0, 0.1) is 5.41 Å². The minimum absolute atomic E-state index is 0.0178. The number of likely N-dealkylation sites (tertiary alicyclic amines) is 1. The number of benzene rings is 1. The molecule has 190 valence electrons. The monoisotopic (exact) mass is 481 g/mol. The van der Waals surface area contributed by atoms with E-state index in [1.807, 2.05) is 17.2 Å². The number of hydrogen-bond donors (Lipinski definition) is 1. The van der Waals surface area contributed by atoms with Crippen LogP contribution in [0.1, 0.15) is 63.5 Å². The highest BCUT2D eigenvalue weighted by atomic mass is 16.5. The summed E-state index contributed by atoms with van der Waals surface area (Å²) in [5.74, 6) is 3.13. The van der Waals surface area contributed by atoms with Crippen molar-refractivity contribution in [3.63, 3.8) is 0 Å². The number of carbonyl (C=O) groups excluding carboxylic acids is 1. The van der Waals surface area contributed by atoms with Crippen LogP contribution in [-0.4, -0.2) is 66.9 Å². The number of rotatable bonds is 9. The van der Waals surface area contributed by atoms with Gasteiger partial charge in [0.1, 0.15) is 11.9 Å². The summed E-state index contributed by atoms with van der Waals surface area (Å²) in [5.41, 5.74) is 2.37. The number of pyridine rings is 1. The second kappa shape index (κ2) is 10.4. The number of aromatic nitrogens is 1. The Morgan fingerprint density at radius 2 is 1.97 bits per heavy atom. The Balaban J connectivity index is 1.46. The van der Waals surface area contributed by atoms with Gasteiger partial charge in [-0.05, 0) is 47.1 Å². The molecule has 1 amide bonds. The highest BCUT2D eigenvalue weighted by Crippen LogP contribution is 2.47. The maximum Gasteiger partial charge on any atom is 0.224 e. The predicted molar refractivity (Wildman–Crippen MR) is 137 cm³/mol. The largest absolute Gasteiger partial charge is 0.493 e. The molecule has 0 saturated carbocycles. The summed E-state index contributed by atoms with van der Waals surface area (Å²) >= 11 is 0. The van der Waals surface area contributed by atoms with Crippen LogP contribution in [-0.2, 0) is 4.79 Å². The lowest BCUT2D eigenvalue weighted by molar-refractivity contribution is -0.131. The van der Waals surface area contributed by atoms with Crippen LogP contribution in [0.25, 0.3) is 0 Å². The second-order valence-corrected chi connectivity index (χ2v) is 10.5. The van der Waals surface area contributed by atoms with E-state index in [-0.39, 0.29) is 36.4 Å². The van der Waals surface area contributed by atoms with Crippen molar-refractivity contribution >= 4 is 11.7 Å². The van der Waals surface area contributed by atoms with Gasteiger partial charge in [-0.25, -0.2) is 4.98 Å². The van der Waals surface area contributed by atoms with Crippen LogP contribution in [0.4, 0.5) is 5.82 Å². The van der Waals surface area contributed by atoms with E-state index in [0.29, 0.717) is 19.0 Å². The minimum atomic E-state index is -0.112. The molecule has 7 heteroatoms. The van der Waals surface area contributed by atoms with Crippen molar-refractivity contribution in [1.82, 2.24) is 9.88 Å². The fourth-order valence-corrected chi connectivity index (χ4v) is 5.17. The normalized spacial score (nSPS) is 22.4. The van der Waals surface area contributed by atoms with E-state index in [1.54, 1.807) is 7.11 Å². The fraction of sp³-hybridized carbons (Fsp3) is 0.571. The van der Waals surface area contributed by atoms with Gasteiger partial charge in [-0.2, -0.15) is 0 Å². The van der Waals surface area contributed by atoms with Gasteiger partial charge < -0.3 is 24.4 Å². The Labute approximate surface area is 209 Å². The molecule has 0 aliphatic carbocycles. The van der Waals surface area contributed by atoms with Crippen LogP contribution in [0.5, 0.6) is 11.5 Å². The van der Waals surface area contributed by atoms with Gasteiger partial charge in [0.25, 0.3) is 0 Å². The van der Waals surface area contributed by atoms with Crippen molar-refractivity contribution in [1.29, 1.82) is 0 Å². The van der Waals surface area contributed by atoms with Crippen molar-refractivity contribution in [3.8, 4) is 11.5 Å². The van der Waals surface area contributed by atoms with Crippen molar-refractivity contribution in [2.45, 2.75) is 58.5 Å². The van der Waals surface area contributed by atoms with Gasteiger partial charge in [0, 0.05) is 31.6 Å². The summed E-state index contributed by atoms with van der Waals surface area (Å²) in [7, 11) is 1.66. The van der Waals surface area contributed by atoms with Crippen molar-refractivity contribution in [3.05, 3.63) is 47.7 Å². The number of nitrogens with zero attached hydrogens (tertiary/aromatic N) is 3. The number of amides is 1. The van der Waals surface area contributed by atoms with Gasteiger partial charge in [0.15, 0.2) is 11.5 Å². The summed E-state index contributed by atoms with van der Waals surface area (Å²) in [6, 6.07) is 10.4. The molecule has 2 aliphatic heterocycles. The average Bonchev–Trinajstić information content (AvgIpc) is 3.19. The SMILES string of the molecule is CCC1(C)CN(C(=O)CCO)CC1c1ccc(OC)c(OC2CN(c3ccc(C(C)C)cn3)C2)c1. The maximum atomic E-state index is 12.5. The summed E-state index contributed by atoms with van der Waals surface area (Å²) < 4.78 is 12.0. The van der Waals surface area contributed by atoms with E-state index in [0.717, 1.165) is 42.4 Å². The first kappa shape index (κ1) is 25.3. The molecule has 0 spiro atoms. The number of aliphatic hydroxyl groups excluding tert-OH is 1. The molecule has 7 nitrogen and oxygen atoms in total. The molecule has 0 radical (unpaired) electrons. The number of carbonyl (C=O) groups is 1. The third kappa shape index (κ3) is 5.25. The smallest absolute Gasteiger partial charge is 0.224 e. The van der Waals surface area contributed by atoms with Gasteiger partial charge in [-0.15, -0.1) is 0 Å². The molecule has 1 N–H and O–H groups in total. The van der Waals surface area contributed by atoms with E-state index in [4.69, 9.17) is 9.47 Å². The molecule has 1 aromatic heterocycles. The second-order valence-electron chi connectivity index (χ2n) is 10.5. The Hall–Kier alpha value is -2.80. The Morgan fingerprint density at radius 3 is 2.57 bits per heavy atom. The average molecular weight is 482 g/mol. The number of methoxy groups -OCH3 is 1. The molecule has 3 heterocycles. The first-order valence-electron chi connectivity index (χ1n) is 12.7. The van der Waals surface area contributed by atoms with Crippen molar-refractivity contribution < 1.29 is 19.4 Å². The van der Waals surface area contributed by atoms with Crippen LogP contribution in [0.3, 0.4) is 0 Å². The predicted octanol–water partition coefficient (Wildman–Crippen LogP) is 4.21. The molecular weight excluding hydrogens is 442 g/mol. The lowest BCUT2D eigenvalue weighted by Crippen LogP contribution is -2.54. The zero-order chi connectivity index (χ0) is 25.2. The van der Waals surface area contributed by atoms with Gasteiger partial charge in [0.2, 0.25) is 5.91 Å². The molecule has 2 fully saturated rings. The molecular formula is C28H39N3O4. The highest BCUT2D eigenvalue weighted by molar-refractivity contribution is 5.77. The topological polar surface area (TPSA) is 75.1 Å². The molecule has 2 saturated heterocycles. The third-order valence-electron chi connectivity index (χ3n) is 7.78. The molecule has 2 unspecified atom stereocenters. The van der Waals surface area contributed by atoms with Crippen LogP contribution >= 0.6 is 0 Å². The number of ether oxygens (including phenoxy) is 2. The Kier molecular flexibility index (Phi) is 7.55. The molecule has 2 aromatic rings. The highest BCUT2D eigenvalue weighted by Gasteiger charge is 2.44. The zero-order valence-electron chi connectivity index (χ0n) is 21.7. The lowest BCUT2D eigenvalue weighted by Gasteiger charge is -2.40. The van der Waals surface area contributed by atoms with Gasteiger partial charge in [0.05, 0.1) is 26.8 Å². The molecule has 0 bridgehead atoms. The molecule has 4 rings (SSSR count). The van der Waals surface area contributed by atoms with Gasteiger partial charge in [-0.3, -0.25) is 4.79 Å². The number of anilines is 1. The standard InChI is InChI=1S/C28H39N3O4/c1-6-28(4)18-31(27(33)11-12-32)17-23(28)20-7-9-24(34-5)25(13-20)35-22-15-30(16-22)26-10-8-21(14-29-26)19(2)3/h7-10,13-14,19,22-23,32H,6,11-12,15-18H2,1-5H3.